The number of ether oxygens (including phenoxy) is 3. The van der Waals surface area contributed by atoms with Gasteiger partial charge in [0.25, 0.3) is 5.95 Å². The first-order valence-electron chi connectivity index (χ1n) is 9.38. The minimum absolute atomic E-state index is 0.0352. The van der Waals surface area contributed by atoms with E-state index < -0.39 is 12.0 Å². The van der Waals surface area contributed by atoms with E-state index in [4.69, 9.17) is 18.6 Å². The number of nitrogens with one attached hydrogen (secondary N) is 1. The molecule has 7 nitrogen and oxygen atoms in total. The van der Waals surface area contributed by atoms with Crippen LogP contribution in [0.2, 0.25) is 0 Å². The molecular weight excluding hydrogens is 379 g/mol. The highest BCUT2D eigenvalue weighted by atomic mass is 19.1. The van der Waals surface area contributed by atoms with Gasteiger partial charge in [-0.3, -0.25) is 4.98 Å². The van der Waals surface area contributed by atoms with Crippen LogP contribution in [-0.2, 0) is 11.3 Å². The molecule has 2 aromatic heterocycles. The predicted octanol–water partition coefficient (Wildman–Crippen LogP) is 4.37. The smallest absolute Gasteiger partial charge is 0.490 e. The minimum atomic E-state index is -0.878. The molecule has 0 fully saturated rings. The van der Waals surface area contributed by atoms with E-state index in [0.29, 0.717) is 42.6 Å². The summed E-state index contributed by atoms with van der Waals surface area (Å²) >= 11 is 0. The molecular formula is C21H23FN2O5. The summed E-state index contributed by atoms with van der Waals surface area (Å²) in [5.74, 6) is -0.464. The van der Waals surface area contributed by atoms with Gasteiger partial charge in [-0.1, -0.05) is 6.07 Å². The number of carbonyl (C=O) groups excluding carboxylic acids is 1. The second-order valence-corrected chi connectivity index (χ2v) is 6.29. The van der Waals surface area contributed by atoms with Gasteiger partial charge in [-0.25, -0.2) is 9.18 Å². The summed E-state index contributed by atoms with van der Waals surface area (Å²) in [5, 5.41) is 3.72. The topological polar surface area (TPSA) is 82.8 Å². The quantitative estimate of drug-likeness (QED) is 0.420. The first-order valence-corrected chi connectivity index (χ1v) is 9.38. The van der Waals surface area contributed by atoms with Gasteiger partial charge >= 0.3 is 6.16 Å². The lowest BCUT2D eigenvalue weighted by molar-refractivity contribution is 0.0953. The molecule has 1 N–H and O–H groups in total. The Labute approximate surface area is 167 Å². The molecule has 2 heterocycles. The van der Waals surface area contributed by atoms with Crippen molar-refractivity contribution in [2.75, 3.05) is 19.8 Å². The maximum atomic E-state index is 14.4. The maximum absolute atomic E-state index is 14.4. The van der Waals surface area contributed by atoms with Crippen LogP contribution < -0.4 is 14.8 Å². The number of aromatic nitrogens is 1. The molecule has 1 aromatic carbocycles. The van der Waals surface area contributed by atoms with Crippen molar-refractivity contribution in [3.05, 3.63) is 53.6 Å². The third kappa shape index (κ3) is 5.23. The molecule has 3 aromatic rings. The first-order chi connectivity index (χ1) is 14.1. The van der Waals surface area contributed by atoms with Crippen LogP contribution in [0.4, 0.5) is 9.18 Å². The van der Waals surface area contributed by atoms with Crippen molar-refractivity contribution in [3.8, 4) is 11.7 Å². The molecule has 0 bridgehead atoms. The van der Waals surface area contributed by atoms with Crippen LogP contribution in [0, 0.1) is 12.7 Å². The molecule has 0 aliphatic carbocycles. The SMILES string of the molecule is CCOC(=O)Oc1oc2ccc(F)c(OCCCNCc3cccnc3)c2c1C. The Balaban J connectivity index is 1.60. The van der Waals surface area contributed by atoms with Crippen LogP contribution in [-0.4, -0.2) is 30.9 Å². The van der Waals surface area contributed by atoms with E-state index in [1.807, 2.05) is 12.1 Å². The lowest BCUT2D eigenvalue weighted by atomic mass is 10.1. The van der Waals surface area contributed by atoms with Crippen LogP contribution in [0.15, 0.2) is 41.1 Å². The molecule has 0 unspecified atom stereocenters. The highest BCUT2D eigenvalue weighted by Gasteiger charge is 2.21. The molecule has 8 heteroatoms. The summed E-state index contributed by atoms with van der Waals surface area (Å²) < 4.78 is 35.4. The second-order valence-electron chi connectivity index (χ2n) is 6.29. The molecule has 0 aliphatic rings. The summed E-state index contributed by atoms with van der Waals surface area (Å²) in [6, 6.07) is 6.61. The Morgan fingerprint density at radius 3 is 2.93 bits per heavy atom. The van der Waals surface area contributed by atoms with Gasteiger partial charge in [-0.2, -0.15) is 0 Å². The van der Waals surface area contributed by atoms with Gasteiger partial charge in [0.15, 0.2) is 11.6 Å². The third-order valence-electron chi connectivity index (χ3n) is 4.19. The van der Waals surface area contributed by atoms with E-state index in [9.17, 15) is 9.18 Å². The standard InChI is InChI=1S/C21H23FN2O5/c1-3-26-21(25)29-20-14(2)18-17(28-20)8-7-16(22)19(18)27-11-5-10-24-13-15-6-4-9-23-12-15/h4,6-9,12,24H,3,5,10-11,13H2,1-2H3. The summed E-state index contributed by atoms with van der Waals surface area (Å²) in [4.78, 5) is 15.6. The number of aryl methyl sites for hydroxylation is 1. The Kier molecular flexibility index (Phi) is 7.02. The number of nitrogens with zero attached hydrogens (tertiary/aromatic N) is 1. The molecule has 0 atom stereocenters. The van der Waals surface area contributed by atoms with Crippen molar-refractivity contribution >= 4 is 17.1 Å². The number of hydrogen-bond acceptors (Lipinski definition) is 7. The second kappa shape index (κ2) is 9.88. The molecule has 154 valence electrons. The average molecular weight is 402 g/mol. The average Bonchev–Trinajstić information content (AvgIpc) is 3.02. The molecule has 0 spiro atoms. The van der Waals surface area contributed by atoms with Crippen LogP contribution in [0.25, 0.3) is 11.0 Å². The molecule has 0 saturated carbocycles. The summed E-state index contributed by atoms with van der Waals surface area (Å²) in [6.07, 6.45) is 3.33. The number of fused-ring (bicyclic) bond motifs is 1. The van der Waals surface area contributed by atoms with E-state index in [1.54, 1.807) is 26.2 Å². The summed E-state index contributed by atoms with van der Waals surface area (Å²) in [7, 11) is 0. The van der Waals surface area contributed by atoms with Gasteiger partial charge in [0.1, 0.15) is 5.58 Å². The third-order valence-corrected chi connectivity index (χ3v) is 4.19. The Bertz CT molecular complexity index is 959. The zero-order valence-corrected chi connectivity index (χ0v) is 16.4. The van der Waals surface area contributed by atoms with Gasteiger partial charge in [0, 0.05) is 24.5 Å². The van der Waals surface area contributed by atoms with Gasteiger partial charge in [-0.15, -0.1) is 0 Å². The highest BCUT2D eigenvalue weighted by Crippen LogP contribution is 2.39. The van der Waals surface area contributed by atoms with Gasteiger partial charge < -0.3 is 23.9 Å². The molecule has 3 rings (SSSR count). The van der Waals surface area contributed by atoms with Crippen molar-refractivity contribution in [2.45, 2.75) is 26.8 Å². The molecule has 29 heavy (non-hydrogen) atoms. The number of halogens is 1. The van der Waals surface area contributed by atoms with Crippen LogP contribution >= 0.6 is 0 Å². The Morgan fingerprint density at radius 2 is 2.17 bits per heavy atom. The van der Waals surface area contributed by atoms with Gasteiger partial charge in [0.05, 0.1) is 18.6 Å². The van der Waals surface area contributed by atoms with Crippen molar-refractivity contribution in [1.29, 1.82) is 0 Å². The van der Waals surface area contributed by atoms with Crippen molar-refractivity contribution < 1.29 is 27.8 Å². The van der Waals surface area contributed by atoms with E-state index in [0.717, 1.165) is 5.56 Å². The van der Waals surface area contributed by atoms with Gasteiger partial charge in [0.2, 0.25) is 0 Å². The number of pyridine rings is 1. The summed E-state index contributed by atoms with van der Waals surface area (Å²) in [5.41, 5.74) is 1.93. The van der Waals surface area contributed by atoms with E-state index in [2.05, 4.69) is 10.3 Å². The first kappa shape index (κ1) is 20.6. The van der Waals surface area contributed by atoms with E-state index in [-0.39, 0.29) is 18.3 Å². The normalized spacial score (nSPS) is 10.9. The fraction of sp³-hybridized carbons (Fsp3) is 0.333. The van der Waals surface area contributed by atoms with Crippen LogP contribution in [0.1, 0.15) is 24.5 Å². The van der Waals surface area contributed by atoms with E-state index in [1.165, 1.54) is 12.1 Å². The van der Waals surface area contributed by atoms with Crippen molar-refractivity contribution in [2.24, 2.45) is 0 Å². The number of furan rings is 1. The van der Waals surface area contributed by atoms with E-state index >= 15 is 0 Å². The predicted molar refractivity (Wildman–Crippen MR) is 105 cm³/mol. The number of rotatable bonds is 9. The maximum Gasteiger partial charge on any atom is 0.516 e. The number of hydrogen-bond donors (Lipinski definition) is 1. The van der Waals surface area contributed by atoms with Crippen molar-refractivity contribution in [3.63, 3.8) is 0 Å². The largest absolute Gasteiger partial charge is 0.516 e. The molecule has 0 radical (unpaired) electrons. The Hall–Kier alpha value is -3.13. The fourth-order valence-corrected chi connectivity index (χ4v) is 2.83. The highest BCUT2D eigenvalue weighted by molar-refractivity contribution is 5.90. The monoisotopic (exact) mass is 402 g/mol. The molecule has 0 amide bonds. The molecule has 0 saturated heterocycles. The fourth-order valence-electron chi connectivity index (χ4n) is 2.83. The van der Waals surface area contributed by atoms with Gasteiger partial charge in [-0.05, 0) is 50.6 Å². The zero-order valence-electron chi connectivity index (χ0n) is 16.4. The summed E-state index contributed by atoms with van der Waals surface area (Å²) in [6.45, 7) is 5.23. The number of carbonyl (C=O) groups is 1. The van der Waals surface area contributed by atoms with Crippen LogP contribution in [0.3, 0.4) is 0 Å². The molecule has 0 aliphatic heterocycles. The minimum Gasteiger partial charge on any atom is -0.490 e. The lowest BCUT2D eigenvalue weighted by Crippen LogP contribution is -2.17. The van der Waals surface area contributed by atoms with Crippen molar-refractivity contribution in [1.82, 2.24) is 10.3 Å². The Morgan fingerprint density at radius 1 is 1.31 bits per heavy atom. The number of benzene rings is 1. The lowest BCUT2D eigenvalue weighted by Gasteiger charge is -2.09. The zero-order chi connectivity index (χ0) is 20.6. The van der Waals surface area contributed by atoms with Crippen LogP contribution in [0.5, 0.6) is 11.7 Å².